The number of carbonyl (C=O) groups excluding carboxylic acids is 2. The molecule has 5 rings (SSSR count). The smallest absolute Gasteiger partial charge is 0.270 e. The number of ether oxygens (including phenoxy) is 1. The van der Waals surface area contributed by atoms with Gasteiger partial charge in [0.2, 0.25) is 0 Å². The number of nitriles is 1. The molecule has 2 aliphatic carbocycles. The molecule has 2 saturated carbocycles. The van der Waals surface area contributed by atoms with Gasteiger partial charge in [-0.1, -0.05) is 12.1 Å². The molecule has 0 radical (unpaired) electrons. The molecule has 0 aromatic heterocycles. The highest BCUT2D eigenvalue weighted by molar-refractivity contribution is 7.94. The summed E-state index contributed by atoms with van der Waals surface area (Å²) in [4.78, 5) is 29.1. The number of fused-ring (bicyclic) bond motifs is 1. The number of benzene rings is 1. The van der Waals surface area contributed by atoms with Crippen LogP contribution in [0.5, 0.6) is 0 Å². The maximum Gasteiger partial charge on any atom is 0.270 e. The molecular formula is C26H30N4O6S. The van der Waals surface area contributed by atoms with Gasteiger partial charge in [-0.25, -0.2) is 8.42 Å². The zero-order valence-electron chi connectivity index (χ0n) is 20.6. The molecule has 3 fully saturated rings. The van der Waals surface area contributed by atoms with Gasteiger partial charge in [0.15, 0.2) is 16.1 Å². The van der Waals surface area contributed by atoms with E-state index in [1.165, 1.54) is 24.2 Å². The molecule has 11 heteroatoms. The van der Waals surface area contributed by atoms with Crippen molar-refractivity contribution in [3.05, 3.63) is 58.8 Å². The van der Waals surface area contributed by atoms with Crippen LogP contribution in [0.1, 0.15) is 36.8 Å². The minimum absolute atomic E-state index is 0.120. The van der Waals surface area contributed by atoms with Gasteiger partial charge in [-0.05, 0) is 55.5 Å². The van der Waals surface area contributed by atoms with Crippen LogP contribution in [0.25, 0.3) is 0 Å². The molecule has 10 nitrogen and oxygen atoms in total. The van der Waals surface area contributed by atoms with Crippen LogP contribution < -0.4 is 5.32 Å². The van der Waals surface area contributed by atoms with E-state index in [-0.39, 0.29) is 50.0 Å². The van der Waals surface area contributed by atoms with Gasteiger partial charge in [0.25, 0.3) is 11.8 Å². The maximum atomic E-state index is 13.5. The summed E-state index contributed by atoms with van der Waals surface area (Å²) in [6.45, 7) is 1.05. The molecule has 1 aromatic carbocycles. The van der Waals surface area contributed by atoms with Gasteiger partial charge < -0.3 is 25.0 Å². The maximum absolute atomic E-state index is 13.5. The van der Waals surface area contributed by atoms with Crippen molar-refractivity contribution in [2.24, 2.45) is 0 Å². The second kappa shape index (κ2) is 9.28. The SMILES string of the molecule is COCC1(S(=O)(=O)C2(CN3CCN4C(=CC=C(C(=O)NCc5ccc(C#N)cc5)C4O)C3=O)CC2)CC1. The third kappa shape index (κ3) is 4.33. The lowest BCUT2D eigenvalue weighted by Gasteiger charge is -2.42. The highest BCUT2D eigenvalue weighted by atomic mass is 32.2. The molecule has 37 heavy (non-hydrogen) atoms. The Kier molecular flexibility index (Phi) is 6.38. The summed E-state index contributed by atoms with van der Waals surface area (Å²) in [5.74, 6) is -0.811. The van der Waals surface area contributed by atoms with Crippen molar-refractivity contribution in [3.63, 3.8) is 0 Å². The Hall–Kier alpha value is -3.20. The number of carbonyl (C=O) groups is 2. The highest BCUT2D eigenvalue weighted by Crippen LogP contribution is 2.57. The number of hydrogen-bond donors (Lipinski definition) is 2. The molecule has 1 atom stereocenters. The lowest BCUT2D eigenvalue weighted by molar-refractivity contribution is -0.135. The number of rotatable bonds is 9. The number of nitrogens with one attached hydrogen (secondary N) is 1. The third-order valence-corrected chi connectivity index (χ3v) is 11.2. The van der Waals surface area contributed by atoms with Crippen LogP contribution >= 0.6 is 0 Å². The quantitative estimate of drug-likeness (QED) is 0.477. The van der Waals surface area contributed by atoms with Gasteiger partial charge in [-0.2, -0.15) is 5.26 Å². The predicted molar refractivity (Wildman–Crippen MR) is 133 cm³/mol. The van der Waals surface area contributed by atoms with Crippen molar-refractivity contribution < 1.29 is 27.9 Å². The normalized spacial score (nSPS) is 23.4. The number of aliphatic hydroxyl groups is 1. The standard InChI is InChI=1S/C26H30N4O6S/c1-36-17-26(10-11-26)37(34,35)25(8-9-25)16-29-12-13-30-21(24(29)33)7-6-20(23(30)32)22(31)28-15-19-4-2-18(14-27)3-5-19/h2-7,23,32H,8-13,15-17H2,1H3,(H,28,31). The molecule has 196 valence electrons. The van der Waals surface area contributed by atoms with E-state index in [0.717, 1.165) is 5.56 Å². The highest BCUT2D eigenvalue weighted by Gasteiger charge is 2.68. The Bertz CT molecular complexity index is 1320. The van der Waals surface area contributed by atoms with Crippen molar-refractivity contribution in [1.29, 1.82) is 5.26 Å². The number of aliphatic hydroxyl groups excluding tert-OH is 1. The summed E-state index contributed by atoms with van der Waals surface area (Å²) >= 11 is 0. The van der Waals surface area contributed by atoms with Gasteiger partial charge in [-0.15, -0.1) is 0 Å². The monoisotopic (exact) mass is 526 g/mol. The fraction of sp³-hybridized carbons (Fsp3) is 0.500. The summed E-state index contributed by atoms with van der Waals surface area (Å²) in [6.07, 6.45) is 3.89. The van der Waals surface area contributed by atoms with E-state index in [1.807, 2.05) is 6.07 Å². The molecule has 1 saturated heterocycles. The fourth-order valence-corrected chi connectivity index (χ4v) is 8.05. The molecule has 0 spiro atoms. The number of amides is 2. The predicted octanol–water partition coefficient (Wildman–Crippen LogP) is 0.587. The van der Waals surface area contributed by atoms with E-state index in [9.17, 15) is 23.1 Å². The topological polar surface area (TPSA) is 140 Å². The van der Waals surface area contributed by atoms with E-state index in [2.05, 4.69) is 5.32 Å². The molecule has 2 heterocycles. The lowest BCUT2D eigenvalue weighted by atomic mass is 10.0. The average molecular weight is 527 g/mol. The number of piperazine rings is 1. The summed E-state index contributed by atoms with van der Waals surface area (Å²) in [6, 6.07) is 8.85. The summed E-state index contributed by atoms with van der Waals surface area (Å²) in [5.41, 5.74) is 1.69. The van der Waals surface area contributed by atoms with Crippen molar-refractivity contribution >= 4 is 21.7 Å². The van der Waals surface area contributed by atoms with Crippen LogP contribution in [0.3, 0.4) is 0 Å². The zero-order valence-corrected chi connectivity index (χ0v) is 21.5. The number of allylic oxidation sites excluding steroid dienone is 2. The Morgan fingerprint density at radius 1 is 1.16 bits per heavy atom. The third-order valence-electron chi connectivity index (χ3n) is 7.86. The summed E-state index contributed by atoms with van der Waals surface area (Å²) < 4.78 is 30.4. The molecule has 1 unspecified atom stereocenters. The number of nitrogens with zero attached hydrogens (tertiary/aromatic N) is 3. The second-order valence-electron chi connectivity index (χ2n) is 10.3. The van der Waals surface area contributed by atoms with E-state index in [1.54, 1.807) is 29.2 Å². The van der Waals surface area contributed by atoms with E-state index in [4.69, 9.17) is 10.00 Å². The average Bonchev–Trinajstić information content (AvgIpc) is 3.82. The Morgan fingerprint density at radius 2 is 1.84 bits per heavy atom. The summed E-state index contributed by atoms with van der Waals surface area (Å²) in [7, 11) is -1.97. The number of sulfone groups is 1. The first-order valence-electron chi connectivity index (χ1n) is 12.3. The molecule has 2 N–H and O–H groups in total. The van der Waals surface area contributed by atoms with Crippen molar-refractivity contribution in [1.82, 2.24) is 15.1 Å². The van der Waals surface area contributed by atoms with Gasteiger partial charge in [0.05, 0.1) is 33.3 Å². The van der Waals surface area contributed by atoms with Gasteiger partial charge >= 0.3 is 0 Å². The minimum atomic E-state index is -3.48. The van der Waals surface area contributed by atoms with Gasteiger partial charge in [-0.3, -0.25) is 9.59 Å². The Morgan fingerprint density at radius 3 is 2.43 bits per heavy atom. The lowest BCUT2D eigenvalue weighted by Crippen LogP contribution is -2.57. The molecule has 2 amide bonds. The zero-order chi connectivity index (χ0) is 26.4. The first-order valence-corrected chi connectivity index (χ1v) is 13.8. The van der Waals surface area contributed by atoms with Crippen LogP contribution in [-0.2, 0) is 30.7 Å². The largest absolute Gasteiger partial charge is 0.383 e. The molecule has 1 aromatic rings. The minimum Gasteiger partial charge on any atom is -0.383 e. The fourth-order valence-electron chi connectivity index (χ4n) is 5.26. The molecule has 0 bridgehead atoms. The van der Waals surface area contributed by atoms with Crippen molar-refractivity contribution in [3.8, 4) is 6.07 Å². The van der Waals surface area contributed by atoms with E-state index < -0.39 is 31.5 Å². The van der Waals surface area contributed by atoms with Crippen LogP contribution in [0.15, 0.2) is 47.7 Å². The van der Waals surface area contributed by atoms with Gasteiger partial charge in [0, 0.05) is 33.3 Å². The van der Waals surface area contributed by atoms with E-state index >= 15 is 0 Å². The number of methoxy groups -OCH3 is 1. The molecule has 4 aliphatic rings. The van der Waals surface area contributed by atoms with Crippen molar-refractivity contribution in [2.75, 3.05) is 33.4 Å². The van der Waals surface area contributed by atoms with Crippen LogP contribution in [0.2, 0.25) is 0 Å². The Labute approximate surface area is 216 Å². The molecular weight excluding hydrogens is 496 g/mol. The first-order chi connectivity index (χ1) is 17.7. The second-order valence-corrected chi connectivity index (χ2v) is 13.0. The van der Waals surface area contributed by atoms with Crippen LogP contribution in [0, 0.1) is 11.3 Å². The van der Waals surface area contributed by atoms with Gasteiger partial charge in [0.1, 0.15) is 5.70 Å². The number of hydrogen-bond acceptors (Lipinski definition) is 8. The van der Waals surface area contributed by atoms with Crippen LogP contribution in [-0.4, -0.2) is 84.2 Å². The summed E-state index contributed by atoms with van der Waals surface area (Å²) in [5, 5.41) is 22.6. The van der Waals surface area contributed by atoms with Crippen LogP contribution in [0.4, 0.5) is 0 Å². The molecule has 2 aliphatic heterocycles. The van der Waals surface area contributed by atoms with Crippen molar-refractivity contribution in [2.45, 2.75) is 47.9 Å². The van der Waals surface area contributed by atoms with E-state index in [0.29, 0.717) is 31.2 Å². The first kappa shape index (κ1) is 25.4. The Balaban J connectivity index is 1.26.